The first-order valence-electron chi connectivity index (χ1n) is 4.36. The van der Waals surface area contributed by atoms with E-state index >= 15 is 0 Å². The van der Waals surface area contributed by atoms with Gasteiger partial charge in [-0.1, -0.05) is 0 Å². The molecule has 0 aliphatic rings. The van der Waals surface area contributed by atoms with Gasteiger partial charge < -0.3 is 0 Å². The number of rotatable bonds is 2. The molecule has 0 unspecified atom stereocenters. The van der Waals surface area contributed by atoms with Crippen molar-refractivity contribution in [1.29, 1.82) is 0 Å². The van der Waals surface area contributed by atoms with E-state index in [0.717, 1.165) is 6.26 Å². The fourth-order valence-electron chi connectivity index (χ4n) is 1.41. The van der Waals surface area contributed by atoms with Gasteiger partial charge in [-0.15, -0.1) is 10.2 Å². The molecule has 8 nitrogen and oxygen atoms in total. The molecule has 9 heteroatoms. The Kier molecular flexibility index (Phi) is 2.26. The number of tetrazole rings is 1. The highest BCUT2D eigenvalue weighted by Gasteiger charge is 2.22. The van der Waals surface area contributed by atoms with Crippen LogP contribution in [-0.4, -0.2) is 44.7 Å². The molecule has 0 amide bonds. The zero-order valence-electron chi connectivity index (χ0n) is 8.99. The maximum absolute atomic E-state index is 11.6. The molecule has 2 heterocycles. The summed E-state index contributed by atoms with van der Waals surface area (Å²) in [6, 6.07) is 0. The van der Waals surface area contributed by atoms with Crippen LogP contribution in [0.15, 0.2) is 11.2 Å². The summed E-state index contributed by atoms with van der Waals surface area (Å²) in [6.45, 7) is 0. The van der Waals surface area contributed by atoms with Crippen molar-refractivity contribution in [2.75, 3.05) is 6.26 Å². The highest BCUT2D eigenvalue weighted by atomic mass is 32.2. The lowest BCUT2D eigenvalue weighted by Gasteiger charge is -1.99. The molecular weight excluding hydrogens is 232 g/mol. The number of hydrogen-bond acceptors (Lipinski definition) is 6. The number of hydrogen-bond donors (Lipinski definition) is 0. The van der Waals surface area contributed by atoms with Crippen LogP contribution in [0.1, 0.15) is 0 Å². The molecule has 2 aromatic rings. The fourth-order valence-corrected chi connectivity index (χ4v) is 2.48. The lowest BCUT2D eigenvalue weighted by molar-refractivity contribution is 0.583. The molecule has 0 saturated carbocycles. The Hall–Kier alpha value is -1.77. The molecule has 86 valence electrons. The van der Waals surface area contributed by atoms with Gasteiger partial charge in [0.1, 0.15) is 0 Å². The summed E-state index contributed by atoms with van der Waals surface area (Å²) in [5, 5.41) is 15.3. The largest absolute Gasteiger partial charge is 0.257 e. The molecule has 0 bridgehead atoms. The second-order valence-corrected chi connectivity index (χ2v) is 5.29. The van der Waals surface area contributed by atoms with E-state index < -0.39 is 9.84 Å². The molecule has 0 aliphatic carbocycles. The molecule has 16 heavy (non-hydrogen) atoms. The van der Waals surface area contributed by atoms with Gasteiger partial charge in [0.05, 0.1) is 18.8 Å². The van der Waals surface area contributed by atoms with Crippen molar-refractivity contribution in [3.63, 3.8) is 0 Å². The topological polar surface area (TPSA) is 95.6 Å². The van der Waals surface area contributed by atoms with Gasteiger partial charge in [0.25, 0.3) is 0 Å². The first-order valence-corrected chi connectivity index (χ1v) is 6.25. The maximum atomic E-state index is 11.6. The van der Waals surface area contributed by atoms with Gasteiger partial charge in [0, 0.05) is 13.3 Å². The van der Waals surface area contributed by atoms with Crippen LogP contribution >= 0.6 is 0 Å². The average molecular weight is 242 g/mol. The first kappa shape index (κ1) is 10.7. The van der Waals surface area contributed by atoms with Crippen molar-refractivity contribution < 1.29 is 8.42 Å². The summed E-state index contributed by atoms with van der Waals surface area (Å²) >= 11 is 0. The minimum atomic E-state index is -3.38. The molecule has 0 aliphatic heterocycles. The Bertz CT molecular complexity index is 625. The third kappa shape index (κ3) is 1.69. The van der Waals surface area contributed by atoms with Crippen LogP contribution in [0.25, 0.3) is 11.4 Å². The smallest absolute Gasteiger partial charge is 0.209 e. The second-order valence-electron chi connectivity index (χ2n) is 3.36. The van der Waals surface area contributed by atoms with E-state index in [1.165, 1.54) is 15.7 Å². The lowest BCUT2D eigenvalue weighted by atomic mass is 10.3. The molecule has 2 rings (SSSR count). The minimum absolute atomic E-state index is 0.0838. The van der Waals surface area contributed by atoms with Gasteiger partial charge in [0.15, 0.2) is 14.9 Å². The zero-order valence-corrected chi connectivity index (χ0v) is 9.80. The molecule has 0 fully saturated rings. The summed E-state index contributed by atoms with van der Waals surface area (Å²) in [5.74, 6) is 0.246. The van der Waals surface area contributed by atoms with Gasteiger partial charge in [-0.05, 0) is 5.21 Å². The van der Waals surface area contributed by atoms with Gasteiger partial charge in [-0.25, -0.2) is 8.42 Å². The van der Waals surface area contributed by atoms with Crippen molar-refractivity contribution in [2.24, 2.45) is 14.1 Å². The third-order valence-electron chi connectivity index (χ3n) is 1.98. The molecule has 0 saturated heterocycles. The third-order valence-corrected chi connectivity index (χ3v) is 3.17. The highest BCUT2D eigenvalue weighted by Crippen LogP contribution is 2.22. The summed E-state index contributed by atoms with van der Waals surface area (Å²) < 4.78 is 24.4. The van der Waals surface area contributed by atoms with Crippen LogP contribution in [0.5, 0.6) is 0 Å². The Labute approximate surface area is 91.8 Å². The van der Waals surface area contributed by atoms with Crippen LogP contribution in [0.3, 0.4) is 0 Å². The fraction of sp³-hybridized carbons (Fsp3) is 0.429. The quantitative estimate of drug-likeness (QED) is 0.671. The molecule has 0 N–H and O–H groups in total. The van der Waals surface area contributed by atoms with E-state index in [9.17, 15) is 8.42 Å². The average Bonchev–Trinajstić information content (AvgIpc) is 2.70. The monoisotopic (exact) mass is 242 g/mol. The molecule has 0 spiro atoms. The molecule has 2 aromatic heterocycles. The lowest BCUT2D eigenvalue weighted by Crippen LogP contribution is -2.07. The highest BCUT2D eigenvalue weighted by molar-refractivity contribution is 7.90. The molecular formula is C7H10N6O2S. The van der Waals surface area contributed by atoms with E-state index in [1.54, 1.807) is 14.1 Å². The first-order chi connectivity index (χ1) is 7.39. The van der Waals surface area contributed by atoms with Gasteiger partial charge in [-0.2, -0.15) is 9.90 Å². The standard InChI is InChI=1S/C7H10N6O2S/c1-12-7(16(3,14)15)5(4-8-12)6-9-11-13(2)10-6/h4H,1-3H3. The van der Waals surface area contributed by atoms with Crippen molar-refractivity contribution >= 4 is 9.84 Å². The predicted molar refractivity (Wildman–Crippen MR) is 54.1 cm³/mol. The Morgan fingerprint density at radius 1 is 1.31 bits per heavy atom. The number of aryl methyl sites for hydroxylation is 2. The Morgan fingerprint density at radius 3 is 2.50 bits per heavy atom. The summed E-state index contributed by atoms with van der Waals surface area (Å²) in [4.78, 5) is 1.26. The number of sulfone groups is 1. The van der Waals surface area contributed by atoms with Crippen LogP contribution < -0.4 is 0 Å². The van der Waals surface area contributed by atoms with Crippen molar-refractivity contribution in [2.45, 2.75) is 5.03 Å². The van der Waals surface area contributed by atoms with E-state index in [4.69, 9.17) is 0 Å². The van der Waals surface area contributed by atoms with Crippen LogP contribution in [0.2, 0.25) is 0 Å². The van der Waals surface area contributed by atoms with Crippen LogP contribution in [0.4, 0.5) is 0 Å². The molecule has 0 aromatic carbocycles. The van der Waals surface area contributed by atoms with E-state index in [-0.39, 0.29) is 10.9 Å². The number of nitrogens with zero attached hydrogens (tertiary/aromatic N) is 6. The van der Waals surface area contributed by atoms with Gasteiger partial charge in [-0.3, -0.25) is 4.68 Å². The zero-order chi connectivity index (χ0) is 11.9. The predicted octanol–water partition coefficient (Wildman–Crippen LogP) is -0.986. The van der Waals surface area contributed by atoms with Crippen LogP contribution in [-0.2, 0) is 23.9 Å². The molecule has 0 radical (unpaired) electrons. The van der Waals surface area contributed by atoms with Crippen molar-refractivity contribution in [1.82, 2.24) is 30.0 Å². The Morgan fingerprint density at radius 2 is 2.00 bits per heavy atom. The van der Waals surface area contributed by atoms with Crippen LogP contribution in [0, 0.1) is 0 Å². The summed E-state index contributed by atoms with van der Waals surface area (Å²) in [6.07, 6.45) is 2.53. The second kappa shape index (κ2) is 3.37. The van der Waals surface area contributed by atoms with Gasteiger partial charge >= 0.3 is 0 Å². The minimum Gasteiger partial charge on any atom is -0.257 e. The van der Waals surface area contributed by atoms with Crippen molar-refractivity contribution in [3.05, 3.63) is 6.20 Å². The van der Waals surface area contributed by atoms with E-state index in [0.29, 0.717) is 5.56 Å². The molecule has 0 atom stereocenters. The van der Waals surface area contributed by atoms with Crippen molar-refractivity contribution in [3.8, 4) is 11.4 Å². The normalized spacial score (nSPS) is 11.9. The van der Waals surface area contributed by atoms with Gasteiger partial charge in [0.2, 0.25) is 5.82 Å². The SMILES string of the molecule is Cn1nnc(-c2cnn(C)c2S(C)(=O)=O)n1. The van der Waals surface area contributed by atoms with E-state index in [2.05, 4.69) is 20.5 Å². The summed E-state index contributed by atoms with van der Waals surface area (Å²) in [7, 11) is -0.220. The maximum Gasteiger partial charge on any atom is 0.209 e. The number of aromatic nitrogens is 6. The summed E-state index contributed by atoms with van der Waals surface area (Å²) in [5.41, 5.74) is 0.359. The van der Waals surface area contributed by atoms with E-state index in [1.807, 2.05) is 0 Å². The Balaban J connectivity index is 2.68.